The van der Waals surface area contributed by atoms with Gasteiger partial charge in [-0.05, 0) is 46.8 Å². The van der Waals surface area contributed by atoms with Gasteiger partial charge in [0, 0.05) is 24.6 Å². The van der Waals surface area contributed by atoms with E-state index >= 15 is 0 Å². The number of amides is 1. The molecular weight excluding hydrogens is 412 g/mol. The van der Waals surface area contributed by atoms with Crippen molar-refractivity contribution >= 4 is 21.9 Å². The Morgan fingerprint density at radius 2 is 1.67 bits per heavy atom. The Bertz CT molecular complexity index is 860. The molecule has 0 saturated heterocycles. The fourth-order valence-electron chi connectivity index (χ4n) is 3.15. The van der Waals surface area contributed by atoms with Gasteiger partial charge in [0.25, 0.3) is 5.91 Å². The van der Waals surface area contributed by atoms with E-state index in [-0.39, 0.29) is 22.9 Å². The van der Waals surface area contributed by atoms with Crippen LogP contribution < -0.4 is 14.2 Å². The second-order valence-electron chi connectivity index (χ2n) is 7.55. The highest BCUT2D eigenvalue weighted by Gasteiger charge is 2.28. The third-order valence-corrected chi connectivity index (χ3v) is 5.86. The van der Waals surface area contributed by atoms with E-state index in [0.29, 0.717) is 31.1 Å². The number of esters is 1. The van der Waals surface area contributed by atoms with E-state index in [9.17, 15) is 18.0 Å². The van der Waals surface area contributed by atoms with Crippen molar-refractivity contribution in [2.75, 3.05) is 19.8 Å². The molecule has 1 heterocycles. The smallest absolute Gasteiger partial charge is 0.321 e. The van der Waals surface area contributed by atoms with Crippen LogP contribution in [0.1, 0.15) is 41.0 Å². The second kappa shape index (κ2) is 10.1. The number of rotatable bonds is 8. The average molecular weight is 443 g/mol. The van der Waals surface area contributed by atoms with Crippen LogP contribution in [0.4, 0.5) is 0 Å². The first-order valence-electron chi connectivity index (χ1n) is 9.94. The van der Waals surface area contributed by atoms with Crippen LogP contribution in [0.2, 0.25) is 0 Å². The Morgan fingerprint density at radius 3 is 2.27 bits per heavy atom. The standard InChI is InChI=1S/C20H30N2O7S/c1-13(2)22(14(3)4)20(24)15(5)29-19(23)12-21-30(25,26)16-7-8-17-18(11-16)28-10-6-9-27-17/h7-8,11,13-15,21H,6,9-10,12H2,1-5H3. The van der Waals surface area contributed by atoms with Crippen LogP contribution in [0.15, 0.2) is 23.1 Å². The van der Waals surface area contributed by atoms with Gasteiger partial charge in [-0.25, -0.2) is 8.42 Å². The van der Waals surface area contributed by atoms with Gasteiger partial charge in [-0.1, -0.05) is 0 Å². The molecule has 0 aliphatic carbocycles. The lowest BCUT2D eigenvalue weighted by molar-refractivity contribution is -0.160. The van der Waals surface area contributed by atoms with Gasteiger partial charge in [0.15, 0.2) is 17.6 Å². The molecule has 2 rings (SSSR count). The topological polar surface area (TPSA) is 111 Å². The van der Waals surface area contributed by atoms with E-state index in [0.717, 1.165) is 0 Å². The number of hydrogen-bond acceptors (Lipinski definition) is 7. The highest BCUT2D eigenvalue weighted by Crippen LogP contribution is 2.31. The molecular formula is C20H30N2O7S. The van der Waals surface area contributed by atoms with Crippen LogP contribution in [0.25, 0.3) is 0 Å². The quantitative estimate of drug-likeness (QED) is 0.610. The molecule has 168 valence electrons. The van der Waals surface area contributed by atoms with Crippen LogP contribution in [0, 0.1) is 0 Å². The summed E-state index contributed by atoms with van der Waals surface area (Å²) in [5, 5.41) is 0. The minimum atomic E-state index is -3.98. The van der Waals surface area contributed by atoms with Crippen molar-refractivity contribution in [1.82, 2.24) is 9.62 Å². The molecule has 30 heavy (non-hydrogen) atoms. The Balaban J connectivity index is 1.98. The number of carbonyl (C=O) groups is 2. The monoisotopic (exact) mass is 442 g/mol. The van der Waals surface area contributed by atoms with Crippen LogP contribution in [0.5, 0.6) is 11.5 Å². The molecule has 1 amide bonds. The molecule has 1 aliphatic rings. The van der Waals surface area contributed by atoms with Gasteiger partial charge in [0.1, 0.15) is 6.54 Å². The number of nitrogens with one attached hydrogen (secondary N) is 1. The Morgan fingerprint density at radius 1 is 1.07 bits per heavy atom. The molecule has 10 heteroatoms. The summed E-state index contributed by atoms with van der Waals surface area (Å²) >= 11 is 0. The number of nitrogens with zero attached hydrogens (tertiary/aromatic N) is 1. The van der Waals surface area contributed by atoms with Gasteiger partial charge in [0.05, 0.1) is 18.1 Å². The molecule has 1 N–H and O–H groups in total. The lowest BCUT2D eigenvalue weighted by Gasteiger charge is -2.32. The first-order chi connectivity index (χ1) is 14.0. The number of carbonyl (C=O) groups excluding carboxylic acids is 2. The first kappa shape index (κ1) is 23.9. The van der Waals surface area contributed by atoms with Crippen molar-refractivity contribution in [2.24, 2.45) is 0 Å². The van der Waals surface area contributed by atoms with Crippen LogP contribution >= 0.6 is 0 Å². The van der Waals surface area contributed by atoms with E-state index in [4.69, 9.17) is 14.2 Å². The van der Waals surface area contributed by atoms with Crippen molar-refractivity contribution in [1.29, 1.82) is 0 Å². The average Bonchev–Trinajstić information content (AvgIpc) is 2.90. The predicted octanol–water partition coefficient (Wildman–Crippen LogP) is 1.70. The molecule has 1 atom stereocenters. The normalized spacial score (nSPS) is 14.9. The fourth-order valence-corrected chi connectivity index (χ4v) is 4.14. The molecule has 0 saturated carbocycles. The van der Waals surface area contributed by atoms with Gasteiger partial charge in [-0.15, -0.1) is 0 Å². The molecule has 1 aromatic carbocycles. The highest BCUT2D eigenvalue weighted by molar-refractivity contribution is 7.89. The molecule has 1 unspecified atom stereocenters. The number of sulfonamides is 1. The number of fused-ring (bicyclic) bond motifs is 1. The van der Waals surface area contributed by atoms with E-state index in [2.05, 4.69) is 4.72 Å². The van der Waals surface area contributed by atoms with Crippen molar-refractivity contribution < 1.29 is 32.2 Å². The first-order valence-corrected chi connectivity index (χ1v) is 11.4. The number of benzene rings is 1. The minimum Gasteiger partial charge on any atom is -0.490 e. The number of ether oxygens (including phenoxy) is 3. The summed E-state index contributed by atoms with van der Waals surface area (Å²) in [5.74, 6) is -0.377. The van der Waals surface area contributed by atoms with E-state index in [1.54, 1.807) is 4.90 Å². The summed E-state index contributed by atoms with van der Waals surface area (Å²) in [7, 11) is -3.98. The molecule has 0 radical (unpaired) electrons. The van der Waals surface area contributed by atoms with Crippen LogP contribution in [-0.4, -0.2) is 63.1 Å². The lowest BCUT2D eigenvalue weighted by Crippen LogP contribution is -2.48. The Labute approximate surface area is 177 Å². The van der Waals surface area contributed by atoms with Gasteiger partial charge < -0.3 is 19.1 Å². The van der Waals surface area contributed by atoms with Crippen LogP contribution in [-0.2, 0) is 24.3 Å². The summed E-state index contributed by atoms with van der Waals surface area (Å²) in [5.41, 5.74) is 0. The summed E-state index contributed by atoms with van der Waals surface area (Å²) in [6, 6.07) is 4.12. The van der Waals surface area contributed by atoms with Crippen molar-refractivity contribution in [3.05, 3.63) is 18.2 Å². The van der Waals surface area contributed by atoms with Gasteiger partial charge >= 0.3 is 5.97 Å². The van der Waals surface area contributed by atoms with Crippen LogP contribution in [0.3, 0.4) is 0 Å². The predicted molar refractivity (Wildman–Crippen MR) is 110 cm³/mol. The summed E-state index contributed by atoms with van der Waals surface area (Å²) in [6.45, 7) is 9.27. The highest BCUT2D eigenvalue weighted by atomic mass is 32.2. The van der Waals surface area contributed by atoms with E-state index in [1.165, 1.54) is 25.1 Å². The third kappa shape index (κ3) is 6.09. The maximum Gasteiger partial charge on any atom is 0.321 e. The van der Waals surface area contributed by atoms with Crippen molar-refractivity contribution in [3.63, 3.8) is 0 Å². The van der Waals surface area contributed by atoms with Gasteiger partial charge in [-0.3, -0.25) is 9.59 Å². The summed E-state index contributed by atoms with van der Waals surface area (Å²) < 4.78 is 43.4. The summed E-state index contributed by atoms with van der Waals surface area (Å²) in [4.78, 5) is 26.2. The third-order valence-electron chi connectivity index (χ3n) is 4.46. The Kier molecular flexibility index (Phi) is 8.08. The molecule has 0 spiro atoms. The molecule has 0 fully saturated rings. The van der Waals surface area contributed by atoms with E-state index < -0.39 is 28.6 Å². The van der Waals surface area contributed by atoms with Crippen molar-refractivity contribution in [2.45, 2.75) is 64.1 Å². The molecule has 1 aromatic rings. The molecule has 0 bridgehead atoms. The lowest BCUT2D eigenvalue weighted by atomic mass is 10.2. The van der Waals surface area contributed by atoms with Gasteiger partial charge in [-0.2, -0.15) is 4.72 Å². The molecule has 1 aliphatic heterocycles. The second-order valence-corrected chi connectivity index (χ2v) is 9.32. The maximum absolute atomic E-state index is 12.5. The SMILES string of the molecule is CC(OC(=O)CNS(=O)(=O)c1ccc2c(c1)OCCCO2)C(=O)N(C(C)C)C(C)C. The maximum atomic E-state index is 12.5. The van der Waals surface area contributed by atoms with Gasteiger partial charge in [0.2, 0.25) is 10.0 Å². The van der Waals surface area contributed by atoms with Crippen molar-refractivity contribution in [3.8, 4) is 11.5 Å². The Hall–Kier alpha value is -2.33. The zero-order valence-corrected chi connectivity index (χ0v) is 18.8. The largest absolute Gasteiger partial charge is 0.490 e. The fraction of sp³-hybridized carbons (Fsp3) is 0.600. The number of hydrogen-bond donors (Lipinski definition) is 1. The van der Waals surface area contributed by atoms with E-state index in [1.807, 2.05) is 27.7 Å². The zero-order chi connectivity index (χ0) is 22.5. The molecule has 9 nitrogen and oxygen atoms in total. The summed E-state index contributed by atoms with van der Waals surface area (Å²) in [6.07, 6.45) is -0.326. The minimum absolute atomic E-state index is 0.0587. The molecule has 0 aromatic heterocycles. The zero-order valence-electron chi connectivity index (χ0n) is 18.0.